The third kappa shape index (κ3) is 2.20. The SMILES string of the molecule is CC(c1ccc2ccccc2c1)C1C=CCCC1. The number of allylic oxidation sites excluding steroid dienone is 2. The number of rotatable bonds is 2. The van der Waals surface area contributed by atoms with Crippen LogP contribution in [0.4, 0.5) is 0 Å². The van der Waals surface area contributed by atoms with Crippen LogP contribution >= 0.6 is 0 Å². The molecule has 0 N–H and O–H groups in total. The average Bonchev–Trinajstić information content (AvgIpc) is 2.47. The van der Waals surface area contributed by atoms with E-state index >= 15 is 0 Å². The van der Waals surface area contributed by atoms with Gasteiger partial charge in [-0.1, -0.05) is 61.5 Å². The van der Waals surface area contributed by atoms with Crippen LogP contribution in [0.25, 0.3) is 10.8 Å². The molecule has 0 spiro atoms. The minimum absolute atomic E-state index is 0.631. The summed E-state index contributed by atoms with van der Waals surface area (Å²) in [6.45, 7) is 2.37. The van der Waals surface area contributed by atoms with Crippen molar-refractivity contribution < 1.29 is 0 Å². The van der Waals surface area contributed by atoms with Crippen LogP contribution in [0.15, 0.2) is 54.6 Å². The minimum Gasteiger partial charge on any atom is -0.0882 e. The molecule has 0 fully saturated rings. The monoisotopic (exact) mass is 236 g/mol. The van der Waals surface area contributed by atoms with Crippen LogP contribution in [-0.2, 0) is 0 Å². The Balaban J connectivity index is 1.93. The first-order valence-corrected chi connectivity index (χ1v) is 7.00. The summed E-state index contributed by atoms with van der Waals surface area (Å²) < 4.78 is 0. The van der Waals surface area contributed by atoms with Crippen LogP contribution < -0.4 is 0 Å². The van der Waals surface area contributed by atoms with Gasteiger partial charge in [0.15, 0.2) is 0 Å². The van der Waals surface area contributed by atoms with Crippen LogP contribution in [0.5, 0.6) is 0 Å². The standard InChI is InChI=1S/C18H20/c1-14(15-7-3-2-4-8-15)17-12-11-16-9-5-6-10-18(16)13-17/h3,5-7,9-15H,2,4,8H2,1H3. The molecule has 3 rings (SSSR count). The first-order valence-electron chi connectivity index (χ1n) is 7.00. The van der Waals surface area contributed by atoms with Gasteiger partial charge in [0.1, 0.15) is 0 Å². The summed E-state index contributed by atoms with van der Waals surface area (Å²) in [5, 5.41) is 2.70. The van der Waals surface area contributed by atoms with Crippen molar-refractivity contribution >= 4 is 10.8 Å². The molecule has 0 bridgehead atoms. The Kier molecular flexibility index (Phi) is 3.19. The predicted octanol–water partition coefficient (Wildman–Crippen LogP) is 5.30. The van der Waals surface area contributed by atoms with Crippen molar-refractivity contribution in [3.8, 4) is 0 Å². The van der Waals surface area contributed by atoms with Crippen molar-refractivity contribution in [3.05, 3.63) is 60.2 Å². The number of hydrogen-bond donors (Lipinski definition) is 0. The Hall–Kier alpha value is -1.56. The lowest BCUT2D eigenvalue weighted by molar-refractivity contribution is 0.470. The molecular formula is C18H20. The average molecular weight is 236 g/mol. The number of fused-ring (bicyclic) bond motifs is 1. The lowest BCUT2D eigenvalue weighted by atomic mass is 9.81. The molecule has 0 saturated heterocycles. The van der Waals surface area contributed by atoms with Gasteiger partial charge in [-0.25, -0.2) is 0 Å². The molecule has 2 unspecified atom stereocenters. The zero-order valence-corrected chi connectivity index (χ0v) is 11.0. The fourth-order valence-corrected chi connectivity index (χ4v) is 2.99. The molecule has 1 aliphatic rings. The maximum absolute atomic E-state index is 2.42. The quantitative estimate of drug-likeness (QED) is 0.621. The van der Waals surface area contributed by atoms with E-state index in [9.17, 15) is 0 Å². The van der Waals surface area contributed by atoms with Crippen molar-refractivity contribution in [3.63, 3.8) is 0 Å². The summed E-state index contributed by atoms with van der Waals surface area (Å²) in [6.07, 6.45) is 8.72. The molecule has 0 aliphatic heterocycles. The van der Waals surface area contributed by atoms with Crippen LogP contribution in [0.1, 0.15) is 37.7 Å². The molecule has 0 amide bonds. The van der Waals surface area contributed by atoms with Crippen LogP contribution in [0.3, 0.4) is 0 Å². The van der Waals surface area contributed by atoms with Gasteiger partial charge in [0.25, 0.3) is 0 Å². The fraction of sp³-hybridized carbons (Fsp3) is 0.333. The van der Waals surface area contributed by atoms with Gasteiger partial charge in [0.05, 0.1) is 0 Å². The maximum atomic E-state index is 2.42. The topological polar surface area (TPSA) is 0 Å². The molecule has 2 aromatic carbocycles. The molecule has 0 heteroatoms. The highest BCUT2D eigenvalue weighted by Crippen LogP contribution is 2.33. The van der Waals surface area contributed by atoms with Crippen LogP contribution in [0.2, 0.25) is 0 Å². The van der Waals surface area contributed by atoms with E-state index in [4.69, 9.17) is 0 Å². The molecule has 0 radical (unpaired) electrons. The highest BCUT2D eigenvalue weighted by atomic mass is 14.2. The summed E-state index contributed by atoms with van der Waals surface area (Å²) in [5.74, 6) is 1.35. The first-order chi connectivity index (χ1) is 8.84. The third-order valence-electron chi connectivity index (χ3n) is 4.23. The highest BCUT2D eigenvalue weighted by Gasteiger charge is 2.18. The Morgan fingerprint density at radius 2 is 1.89 bits per heavy atom. The van der Waals surface area contributed by atoms with Crippen molar-refractivity contribution in [1.29, 1.82) is 0 Å². The van der Waals surface area contributed by atoms with Gasteiger partial charge in [0.2, 0.25) is 0 Å². The van der Waals surface area contributed by atoms with E-state index < -0.39 is 0 Å². The second-order valence-corrected chi connectivity index (χ2v) is 5.42. The van der Waals surface area contributed by atoms with Crippen LogP contribution in [0, 0.1) is 5.92 Å². The van der Waals surface area contributed by atoms with E-state index in [1.165, 1.54) is 35.6 Å². The maximum Gasteiger partial charge on any atom is -0.0127 e. The number of hydrogen-bond acceptors (Lipinski definition) is 0. The zero-order valence-electron chi connectivity index (χ0n) is 11.0. The molecule has 0 aromatic heterocycles. The van der Waals surface area contributed by atoms with Gasteiger partial charge in [-0.05, 0) is 47.4 Å². The molecular weight excluding hydrogens is 216 g/mol. The number of benzene rings is 2. The molecule has 1 aliphatic carbocycles. The lowest BCUT2D eigenvalue weighted by Crippen LogP contribution is -2.10. The summed E-state index contributed by atoms with van der Waals surface area (Å²) in [6, 6.07) is 15.5. The van der Waals surface area contributed by atoms with Gasteiger partial charge < -0.3 is 0 Å². The Bertz CT molecular complexity index is 565. The van der Waals surface area contributed by atoms with Gasteiger partial charge >= 0.3 is 0 Å². The summed E-state index contributed by atoms with van der Waals surface area (Å²) >= 11 is 0. The molecule has 0 heterocycles. The van der Waals surface area contributed by atoms with E-state index in [0.29, 0.717) is 5.92 Å². The molecule has 0 saturated carbocycles. The van der Waals surface area contributed by atoms with Gasteiger partial charge in [-0.3, -0.25) is 0 Å². The summed E-state index contributed by atoms with van der Waals surface area (Å²) in [7, 11) is 0. The largest absolute Gasteiger partial charge is 0.0882 e. The molecule has 0 nitrogen and oxygen atoms in total. The minimum atomic E-state index is 0.631. The molecule has 2 atom stereocenters. The normalized spacial score (nSPS) is 21.1. The Labute approximate surface area is 109 Å². The first kappa shape index (κ1) is 11.5. The fourth-order valence-electron chi connectivity index (χ4n) is 2.99. The van der Waals surface area contributed by atoms with Crippen molar-refractivity contribution in [2.45, 2.75) is 32.1 Å². The Morgan fingerprint density at radius 1 is 1.06 bits per heavy atom. The second kappa shape index (κ2) is 4.97. The van der Waals surface area contributed by atoms with Gasteiger partial charge in [0, 0.05) is 0 Å². The molecule has 2 aromatic rings. The lowest BCUT2D eigenvalue weighted by Gasteiger charge is -2.24. The molecule has 18 heavy (non-hydrogen) atoms. The van der Waals surface area contributed by atoms with E-state index in [1.54, 1.807) is 0 Å². The zero-order chi connectivity index (χ0) is 12.4. The van der Waals surface area contributed by atoms with E-state index in [1.807, 2.05) is 0 Å². The summed E-state index contributed by atoms with van der Waals surface area (Å²) in [4.78, 5) is 0. The van der Waals surface area contributed by atoms with E-state index in [-0.39, 0.29) is 0 Å². The van der Waals surface area contributed by atoms with Crippen molar-refractivity contribution in [2.75, 3.05) is 0 Å². The van der Waals surface area contributed by atoms with Crippen molar-refractivity contribution in [1.82, 2.24) is 0 Å². The highest BCUT2D eigenvalue weighted by molar-refractivity contribution is 5.83. The van der Waals surface area contributed by atoms with Gasteiger partial charge in [-0.15, -0.1) is 0 Å². The second-order valence-electron chi connectivity index (χ2n) is 5.42. The summed E-state index contributed by atoms with van der Waals surface area (Å²) in [5.41, 5.74) is 1.48. The smallest absolute Gasteiger partial charge is 0.0127 e. The Morgan fingerprint density at radius 3 is 2.67 bits per heavy atom. The predicted molar refractivity (Wildman–Crippen MR) is 78.8 cm³/mol. The molecule has 92 valence electrons. The van der Waals surface area contributed by atoms with E-state index in [2.05, 4.69) is 61.5 Å². The van der Waals surface area contributed by atoms with Gasteiger partial charge in [-0.2, -0.15) is 0 Å². The van der Waals surface area contributed by atoms with Crippen LogP contribution in [-0.4, -0.2) is 0 Å². The van der Waals surface area contributed by atoms with Crippen molar-refractivity contribution in [2.24, 2.45) is 5.92 Å². The van der Waals surface area contributed by atoms with E-state index in [0.717, 1.165) is 5.92 Å². The third-order valence-corrected chi connectivity index (χ3v) is 4.23.